The first-order valence-corrected chi connectivity index (χ1v) is 22.2. The molecular weight excluding hydrogens is 881 g/mol. The van der Waals surface area contributed by atoms with Gasteiger partial charge in [-0.05, 0) is 118 Å². The number of aromatic hydroxyl groups is 10. The van der Waals surface area contributed by atoms with Crippen LogP contribution in [-0.2, 0) is 4.74 Å². The zero-order valence-electron chi connectivity index (χ0n) is 36.3. The zero-order valence-corrected chi connectivity index (χ0v) is 36.3. The summed E-state index contributed by atoms with van der Waals surface area (Å²) in [6.07, 6.45) is -3.41. The lowest BCUT2D eigenvalue weighted by Crippen LogP contribution is -2.19. The summed E-state index contributed by atoms with van der Waals surface area (Å²) in [4.78, 5) is 0. The molecule has 0 saturated carbocycles. The molecular formula is C56H44O13. The van der Waals surface area contributed by atoms with Crippen LogP contribution in [0, 0.1) is 0 Å². The van der Waals surface area contributed by atoms with Crippen LogP contribution in [0.1, 0.15) is 104 Å². The molecule has 0 bridgehead atoms. The van der Waals surface area contributed by atoms with Gasteiger partial charge < -0.3 is 65.3 Å². The fourth-order valence-corrected chi connectivity index (χ4v) is 10.8. The van der Waals surface area contributed by atoms with Crippen molar-refractivity contribution < 1.29 is 65.3 Å². The Balaban J connectivity index is 1.20. The summed E-state index contributed by atoms with van der Waals surface area (Å²) < 4.78 is 20.9. The van der Waals surface area contributed by atoms with Crippen molar-refractivity contribution in [3.8, 4) is 69.0 Å². The van der Waals surface area contributed by atoms with Crippen LogP contribution in [0.15, 0.2) is 158 Å². The number of phenols is 10. The van der Waals surface area contributed by atoms with Gasteiger partial charge in [0.25, 0.3) is 0 Å². The lowest BCUT2D eigenvalue weighted by Gasteiger charge is -2.30. The number of rotatable bonds is 8. The van der Waals surface area contributed by atoms with Gasteiger partial charge in [0.1, 0.15) is 81.2 Å². The average Bonchev–Trinajstić information content (AvgIpc) is 4.02. The quantitative estimate of drug-likeness (QED) is 0.0685. The Labute approximate surface area is 394 Å². The largest absolute Gasteiger partial charge is 0.508 e. The van der Waals surface area contributed by atoms with E-state index in [0.29, 0.717) is 61.4 Å². The van der Waals surface area contributed by atoms with Crippen molar-refractivity contribution >= 4 is 0 Å². The SMILES string of the molecule is Oc1ccc([C@H]2Oc3cc(O)cc([C@@H]4c5c(cc(O)cc5[C@@H]5[C@@H](c6ccc(O)cc6O)[C@H](c6ccc(O)cc6)O[C@H]5c5ccc(O)cc5)O[C@H]4c4ccc(O)cc4)c3[C@H]2c2cc(O)cc(O)c2)cc1. The molecule has 11 rings (SSSR count). The van der Waals surface area contributed by atoms with Gasteiger partial charge in [-0.1, -0.05) is 54.6 Å². The second-order valence-corrected chi connectivity index (χ2v) is 17.8. The van der Waals surface area contributed by atoms with Crippen molar-refractivity contribution in [3.63, 3.8) is 0 Å². The molecule has 13 nitrogen and oxygen atoms in total. The number of hydrogen-bond donors (Lipinski definition) is 10. The fraction of sp³-hybridized carbons (Fsp3) is 0.143. The van der Waals surface area contributed by atoms with E-state index in [9.17, 15) is 51.1 Å². The number of ether oxygens (including phenoxy) is 3. The highest BCUT2D eigenvalue weighted by molar-refractivity contribution is 5.65. The lowest BCUT2D eigenvalue weighted by molar-refractivity contribution is 0.0365. The van der Waals surface area contributed by atoms with E-state index in [2.05, 4.69) is 0 Å². The molecule has 0 unspecified atom stereocenters. The van der Waals surface area contributed by atoms with Gasteiger partial charge in [-0.25, -0.2) is 0 Å². The van der Waals surface area contributed by atoms with Gasteiger partial charge in [0.15, 0.2) is 0 Å². The summed E-state index contributed by atoms with van der Waals surface area (Å²) in [7, 11) is 0. The van der Waals surface area contributed by atoms with Crippen LogP contribution >= 0.6 is 0 Å². The van der Waals surface area contributed by atoms with Gasteiger partial charge in [0, 0.05) is 52.8 Å². The van der Waals surface area contributed by atoms with Crippen LogP contribution in [0.4, 0.5) is 0 Å². The topological polar surface area (TPSA) is 230 Å². The molecule has 8 aromatic carbocycles. The second kappa shape index (κ2) is 16.6. The number of fused-ring (bicyclic) bond motifs is 2. The van der Waals surface area contributed by atoms with Gasteiger partial charge in [-0.3, -0.25) is 0 Å². The first-order valence-electron chi connectivity index (χ1n) is 22.2. The molecule has 0 amide bonds. The third kappa shape index (κ3) is 7.58. The molecule has 0 aliphatic carbocycles. The van der Waals surface area contributed by atoms with Crippen molar-refractivity contribution in [2.24, 2.45) is 0 Å². The van der Waals surface area contributed by atoms with Crippen LogP contribution in [0.25, 0.3) is 0 Å². The smallest absolute Gasteiger partial charge is 0.135 e. The summed E-state index contributed by atoms with van der Waals surface area (Å²) in [5, 5.41) is 110. The maximum absolute atomic E-state index is 11.8. The Morgan fingerprint density at radius 1 is 0.275 bits per heavy atom. The summed E-state index contributed by atoms with van der Waals surface area (Å²) >= 11 is 0. The van der Waals surface area contributed by atoms with Crippen molar-refractivity contribution in [1.29, 1.82) is 0 Å². The van der Waals surface area contributed by atoms with Crippen LogP contribution < -0.4 is 9.47 Å². The monoisotopic (exact) mass is 924 g/mol. The molecule has 3 aliphatic heterocycles. The maximum Gasteiger partial charge on any atom is 0.135 e. The Bertz CT molecular complexity index is 3220. The van der Waals surface area contributed by atoms with E-state index in [-0.39, 0.29) is 63.2 Å². The molecule has 346 valence electrons. The first kappa shape index (κ1) is 42.9. The molecule has 3 heterocycles. The molecule has 0 radical (unpaired) electrons. The van der Waals surface area contributed by atoms with E-state index >= 15 is 0 Å². The molecule has 3 aliphatic rings. The minimum Gasteiger partial charge on any atom is -0.508 e. The summed E-state index contributed by atoms with van der Waals surface area (Å²) in [6, 6.07) is 40.9. The minimum atomic E-state index is -0.902. The molecule has 1 fully saturated rings. The van der Waals surface area contributed by atoms with E-state index in [1.54, 1.807) is 66.7 Å². The van der Waals surface area contributed by atoms with Gasteiger partial charge in [-0.2, -0.15) is 0 Å². The molecule has 13 heteroatoms. The number of hydrogen-bond acceptors (Lipinski definition) is 13. The molecule has 8 atom stereocenters. The molecule has 1 saturated heterocycles. The predicted molar refractivity (Wildman–Crippen MR) is 251 cm³/mol. The van der Waals surface area contributed by atoms with E-state index < -0.39 is 48.1 Å². The van der Waals surface area contributed by atoms with Gasteiger partial charge >= 0.3 is 0 Å². The number of benzene rings is 8. The van der Waals surface area contributed by atoms with Crippen molar-refractivity contribution in [2.45, 2.75) is 48.1 Å². The van der Waals surface area contributed by atoms with E-state index in [0.717, 1.165) is 0 Å². The Kier molecular flexibility index (Phi) is 10.3. The summed E-state index contributed by atoms with van der Waals surface area (Å²) in [5.74, 6) is -3.70. The van der Waals surface area contributed by atoms with Gasteiger partial charge in [-0.15, -0.1) is 0 Å². The average molecular weight is 925 g/mol. The number of phenolic OH excluding ortho intramolecular Hbond substituents is 10. The van der Waals surface area contributed by atoms with Crippen LogP contribution in [-0.4, -0.2) is 51.1 Å². The van der Waals surface area contributed by atoms with Crippen molar-refractivity contribution in [2.75, 3.05) is 0 Å². The highest BCUT2D eigenvalue weighted by atomic mass is 16.5. The highest BCUT2D eigenvalue weighted by Crippen LogP contribution is 2.66. The third-order valence-corrected chi connectivity index (χ3v) is 13.6. The minimum absolute atomic E-state index is 0.00736. The molecule has 10 N–H and O–H groups in total. The Morgan fingerprint density at radius 2 is 0.652 bits per heavy atom. The highest BCUT2D eigenvalue weighted by Gasteiger charge is 2.53. The Morgan fingerprint density at radius 3 is 1.12 bits per heavy atom. The van der Waals surface area contributed by atoms with E-state index in [1.165, 1.54) is 91.0 Å². The standard InChI is InChI=1S/C56H44O13/c57-32-9-1-27(2-10-32)53-47(31-19-37(62)21-38(63)20-31)48-42(22-39(64)25-45(48)67-53)51-49-43(23-40(65)26-46(49)68-54(51)28-3-11-33(58)12-4-28)52-50(41-18-17-36(61)24-44(41)66)55(29-5-13-34(59)14-6-29)69-56(52)30-7-15-35(60)16-8-30/h1-26,47,50-66H/t47-,50-,51-,52-,53-,54+,55+,56+/m1/s1. The summed E-state index contributed by atoms with van der Waals surface area (Å²) in [6.45, 7) is 0. The Hall–Kier alpha value is -8.68. The van der Waals surface area contributed by atoms with E-state index in [4.69, 9.17) is 14.2 Å². The second-order valence-electron chi connectivity index (χ2n) is 17.8. The molecule has 0 spiro atoms. The van der Waals surface area contributed by atoms with Crippen LogP contribution in [0.2, 0.25) is 0 Å². The molecule has 69 heavy (non-hydrogen) atoms. The van der Waals surface area contributed by atoms with Crippen LogP contribution in [0.3, 0.4) is 0 Å². The lowest BCUT2D eigenvalue weighted by atomic mass is 9.70. The third-order valence-electron chi connectivity index (χ3n) is 13.6. The molecule has 0 aromatic heterocycles. The van der Waals surface area contributed by atoms with Gasteiger partial charge in [0.2, 0.25) is 0 Å². The summed E-state index contributed by atoms with van der Waals surface area (Å²) in [5.41, 5.74) is 5.58. The maximum atomic E-state index is 11.8. The van der Waals surface area contributed by atoms with E-state index in [1.807, 2.05) is 0 Å². The normalized spacial score (nSPS) is 22.4. The zero-order chi connectivity index (χ0) is 47.8. The van der Waals surface area contributed by atoms with Crippen molar-refractivity contribution in [1.82, 2.24) is 0 Å². The van der Waals surface area contributed by atoms with Gasteiger partial charge in [0.05, 0.1) is 24.0 Å². The first-order chi connectivity index (χ1) is 33.3. The predicted octanol–water partition coefficient (Wildman–Crippen LogP) is 10.7. The molecule has 8 aromatic rings. The van der Waals surface area contributed by atoms with Crippen LogP contribution in [0.5, 0.6) is 69.0 Å². The van der Waals surface area contributed by atoms with Crippen molar-refractivity contribution in [3.05, 3.63) is 213 Å². The fourth-order valence-electron chi connectivity index (χ4n) is 10.8.